The van der Waals surface area contributed by atoms with Crippen LogP contribution in [0.15, 0.2) is 36.7 Å². The van der Waals surface area contributed by atoms with Crippen LogP contribution in [-0.4, -0.2) is 28.0 Å². The van der Waals surface area contributed by atoms with E-state index in [9.17, 15) is 22.8 Å². The van der Waals surface area contributed by atoms with Gasteiger partial charge in [0.2, 0.25) is 5.95 Å². The number of hydrazine groups is 1. The molecule has 0 saturated heterocycles. The van der Waals surface area contributed by atoms with Crippen molar-refractivity contribution in [1.82, 2.24) is 20.8 Å². The summed E-state index contributed by atoms with van der Waals surface area (Å²) in [7, 11) is 0. The number of alkyl halides is 3. The monoisotopic (exact) mass is 393 g/mol. The fourth-order valence-electron chi connectivity index (χ4n) is 3.08. The van der Waals surface area contributed by atoms with Gasteiger partial charge in [0.1, 0.15) is 0 Å². The van der Waals surface area contributed by atoms with Gasteiger partial charge in [0.15, 0.2) is 0 Å². The van der Waals surface area contributed by atoms with E-state index in [1.807, 2.05) is 31.2 Å². The minimum atomic E-state index is -5.09. The van der Waals surface area contributed by atoms with Crippen LogP contribution >= 0.6 is 0 Å². The maximum Gasteiger partial charge on any atom is 0.472 e. The van der Waals surface area contributed by atoms with Crippen LogP contribution in [0.4, 0.5) is 19.1 Å². The average molecular weight is 393 g/mol. The zero-order chi connectivity index (χ0) is 20.4. The summed E-state index contributed by atoms with van der Waals surface area (Å²) in [5.41, 5.74) is 4.88. The lowest BCUT2D eigenvalue weighted by Crippen LogP contribution is -2.47. The van der Waals surface area contributed by atoms with Gasteiger partial charge >= 0.3 is 12.1 Å². The highest BCUT2D eigenvalue weighted by molar-refractivity contribution is 5.95. The van der Waals surface area contributed by atoms with Gasteiger partial charge < -0.3 is 5.32 Å². The van der Waals surface area contributed by atoms with Gasteiger partial charge in [-0.05, 0) is 37.3 Å². The quantitative estimate of drug-likeness (QED) is 0.694. The molecular formula is C18H18F3N5O2. The lowest BCUT2D eigenvalue weighted by atomic mass is 9.70. The van der Waals surface area contributed by atoms with Crippen molar-refractivity contribution in [3.05, 3.63) is 53.3 Å². The molecule has 1 aliphatic carbocycles. The molecular weight excluding hydrogens is 375 g/mol. The summed E-state index contributed by atoms with van der Waals surface area (Å²) < 4.78 is 36.4. The van der Waals surface area contributed by atoms with Crippen LogP contribution < -0.4 is 16.2 Å². The predicted molar refractivity (Wildman–Crippen MR) is 94.0 cm³/mol. The molecule has 148 valence electrons. The lowest BCUT2D eigenvalue weighted by molar-refractivity contribution is -0.174. The van der Waals surface area contributed by atoms with Gasteiger partial charge in [-0.2, -0.15) is 13.2 Å². The number of aryl methyl sites for hydroxylation is 1. The third kappa shape index (κ3) is 4.05. The Morgan fingerprint density at radius 1 is 1.07 bits per heavy atom. The molecule has 0 atom stereocenters. The van der Waals surface area contributed by atoms with Gasteiger partial charge in [-0.3, -0.25) is 20.4 Å². The number of rotatable bonds is 4. The first-order valence-electron chi connectivity index (χ1n) is 8.55. The van der Waals surface area contributed by atoms with Crippen LogP contribution in [0.2, 0.25) is 0 Å². The van der Waals surface area contributed by atoms with E-state index in [4.69, 9.17) is 0 Å². The van der Waals surface area contributed by atoms with Crippen LogP contribution in [0, 0.1) is 6.92 Å². The Morgan fingerprint density at radius 2 is 1.71 bits per heavy atom. The zero-order valence-electron chi connectivity index (χ0n) is 14.9. The van der Waals surface area contributed by atoms with E-state index >= 15 is 0 Å². The number of carbonyl (C=O) groups is 2. The fourth-order valence-corrected chi connectivity index (χ4v) is 3.08. The molecule has 10 heteroatoms. The summed E-state index contributed by atoms with van der Waals surface area (Å²) in [5.74, 6) is -2.93. The van der Waals surface area contributed by atoms with Crippen molar-refractivity contribution in [1.29, 1.82) is 0 Å². The molecule has 28 heavy (non-hydrogen) atoms. The molecule has 1 heterocycles. The van der Waals surface area contributed by atoms with Crippen molar-refractivity contribution >= 4 is 17.8 Å². The highest BCUT2D eigenvalue weighted by atomic mass is 19.4. The highest BCUT2D eigenvalue weighted by Crippen LogP contribution is 2.44. The van der Waals surface area contributed by atoms with Gasteiger partial charge in [-0.25, -0.2) is 9.97 Å². The first-order chi connectivity index (χ1) is 13.2. The van der Waals surface area contributed by atoms with Gasteiger partial charge in [0.25, 0.3) is 5.91 Å². The molecule has 0 bridgehead atoms. The fraction of sp³-hybridized carbons (Fsp3) is 0.333. The molecule has 0 spiro atoms. The molecule has 7 nitrogen and oxygen atoms in total. The summed E-state index contributed by atoms with van der Waals surface area (Å²) in [6, 6.07) is 8.01. The molecule has 1 aromatic heterocycles. The largest absolute Gasteiger partial charge is 0.472 e. The molecule has 3 rings (SSSR count). The van der Waals surface area contributed by atoms with E-state index in [-0.39, 0.29) is 11.1 Å². The van der Waals surface area contributed by atoms with Gasteiger partial charge in [0.05, 0.1) is 11.1 Å². The topological polar surface area (TPSA) is 96.0 Å². The van der Waals surface area contributed by atoms with Crippen LogP contribution in [0.1, 0.15) is 40.7 Å². The summed E-state index contributed by atoms with van der Waals surface area (Å²) in [5, 5.41) is 3.31. The second-order valence-corrected chi connectivity index (χ2v) is 6.58. The van der Waals surface area contributed by atoms with E-state index < -0.39 is 18.0 Å². The Bertz CT molecular complexity index is 880. The summed E-state index contributed by atoms with van der Waals surface area (Å²) >= 11 is 0. The van der Waals surface area contributed by atoms with Crippen molar-refractivity contribution in [2.24, 2.45) is 0 Å². The number of nitrogens with one attached hydrogen (secondary N) is 3. The van der Waals surface area contributed by atoms with E-state index in [0.717, 1.165) is 30.4 Å². The first kappa shape index (κ1) is 19.6. The summed E-state index contributed by atoms with van der Waals surface area (Å²) in [6.07, 6.45) is 0.133. The standard InChI is InChI=1S/C18H18F3N5O2/c1-11-5-2-3-6-13(11)17(7-4-8-17)24-16-22-9-12(10-23-16)14(27)25-26-15(28)18(19,20)21/h2-3,5-6,9-10H,4,7-8H2,1H3,(H,25,27)(H,26,28)(H,22,23,24). The number of aromatic nitrogens is 2. The maximum atomic E-state index is 12.1. The second-order valence-electron chi connectivity index (χ2n) is 6.58. The number of anilines is 1. The van der Waals surface area contributed by atoms with Gasteiger partial charge in [-0.15, -0.1) is 0 Å². The van der Waals surface area contributed by atoms with Crippen molar-refractivity contribution < 1.29 is 22.8 Å². The number of carbonyl (C=O) groups excluding carboxylic acids is 2. The molecule has 1 aromatic carbocycles. The summed E-state index contributed by atoms with van der Waals surface area (Å²) in [6.45, 7) is 2.03. The summed E-state index contributed by atoms with van der Waals surface area (Å²) in [4.78, 5) is 30.7. The van der Waals surface area contributed by atoms with Crippen molar-refractivity contribution in [2.45, 2.75) is 37.9 Å². The first-order valence-corrected chi connectivity index (χ1v) is 8.55. The maximum absolute atomic E-state index is 12.1. The molecule has 0 radical (unpaired) electrons. The van der Waals surface area contributed by atoms with Crippen LogP contribution in [0.3, 0.4) is 0 Å². The Balaban J connectivity index is 1.67. The number of hydrogen-bond acceptors (Lipinski definition) is 5. The molecule has 2 amide bonds. The molecule has 1 aliphatic rings. The molecule has 0 aliphatic heterocycles. The SMILES string of the molecule is Cc1ccccc1C1(Nc2ncc(C(=O)NNC(=O)C(F)(F)F)cn2)CCC1. The third-order valence-electron chi connectivity index (χ3n) is 4.68. The Morgan fingerprint density at radius 3 is 2.25 bits per heavy atom. The minimum Gasteiger partial charge on any atom is -0.345 e. The molecule has 1 saturated carbocycles. The lowest BCUT2D eigenvalue weighted by Gasteiger charge is -2.44. The normalized spacial score (nSPS) is 15.3. The average Bonchev–Trinajstić information content (AvgIpc) is 2.63. The molecule has 0 unspecified atom stereocenters. The number of amides is 2. The smallest absolute Gasteiger partial charge is 0.345 e. The van der Waals surface area contributed by atoms with Crippen LogP contribution in [0.25, 0.3) is 0 Å². The molecule has 3 N–H and O–H groups in total. The number of nitrogens with zero attached hydrogens (tertiary/aromatic N) is 2. The van der Waals surface area contributed by atoms with Crippen molar-refractivity contribution in [3.63, 3.8) is 0 Å². The molecule has 1 fully saturated rings. The zero-order valence-corrected chi connectivity index (χ0v) is 14.9. The Kier molecular flexibility index (Phi) is 5.21. The number of halogens is 3. The predicted octanol–water partition coefficient (Wildman–Crippen LogP) is 2.60. The third-order valence-corrected chi connectivity index (χ3v) is 4.68. The van der Waals surface area contributed by atoms with Crippen molar-refractivity contribution in [3.8, 4) is 0 Å². The van der Waals surface area contributed by atoms with E-state index in [1.165, 1.54) is 17.8 Å². The van der Waals surface area contributed by atoms with E-state index in [0.29, 0.717) is 5.95 Å². The number of hydrogen-bond donors (Lipinski definition) is 3. The van der Waals surface area contributed by atoms with E-state index in [1.54, 1.807) is 5.43 Å². The second kappa shape index (κ2) is 7.45. The number of benzene rings is 1. The van der Waals surface area contributed by atoms with Crippen LogP contribution in [0.5, 0.6) is 0 Å². The molecule has 2 aromatic rings. The van der Waals surface area contributed by atoms with Crippen molar-refractivity contribution in [2.75, 3.05) is 5.32 Å². The van der Waals surface area contributed by atoms with Crippen LogP contribution in [-0.2, 0) is 10.3 Å². The van der Waals surface area contributed by atoms with Gasteiger partial charge in [0, 0.05) is 12.4 Å². The van der Waals surface area contributed by atoms with E-state index in [2.05, 4.69) is 15.3 Å². The Hall–Kier alpha value is -3.17. The Labute approximate surface area is 158 Å². The highest BCUT2D eigenvalue weighted by Gasteiger charge is 2.40. The minimum absolute atomic E-state index is 0.0911. The van der Waals surface area contributed by atoms with Gasteiger partial charge in [-0.1, -0.05) is 24.3 Å².